The van der Waals surface area contributed by atoms with Gasteiger partial charge < -0.3 is 10.5 Å². The van der Waals surface area contributed by atoms with Gasteiger partial charge in [0.15, 0.2) is 5.13 Å². The molecule has 1 aromatic heterocycles. The van der Waals surface area contributed by atoms with Gasteiger partial charge in [-0.15, -0.1) is 11.3 Å². The smallest absolute Gasteiger partial charge is 0.180 e. The number of anilines is 1. The van der Waals surface area contributed by atoms with E-state index in [4.69, 9.17) is 10.5 Å². The second kappa shape index (κ2) is 4.31. The second-order valence-electron chi connectivity index (χ2n) is 2.26. The number of nitrogens with zero attached hydrogens (tertiary/aromatic N) is 1. The second-order valence-corrected chi connectivity index (χ2v) is 3.41. The number of ether oxygens (including phenoxy) is 1. The Morgan fingerprint density at radius 1 is 1.73 bits per heavy atom. The van der Waals surface area contributed by atoms with Crippen LogP contribution in [0.3, 0.4) is 0 Å². The lowest BCUT2D eigenvalue weighted by Gasteiger charge is -1.94. The van der Waals surface area contributed by atoms with Gasteiger partial charge in [-0.2, -0.15) is 0 Å². The van der Waals surface area contributed by atoms with Crippen molar-refractivity contribution in [2.45, 2.75) is 12.8 Å². The average molecular weight is 172 g/mol. The third kappa shape index (κ3) is 2.86. The van der Waals surface area contributed by atoms with E-state index in [1.165, 1.54) is 4.88 Å². The first-order valence-corrected chi connectivity index (χ1v) is 4.33. The van der Waals surface area contributed by atoms with Crippen molar-refractivity contribution in [3.63, 3.8) is 0 Å². The lowest BCUT2D eigenvalue weighted by atomic mass is 10.3. The Morgan fingerprint density at radius 3 is 3.09 bits per heavy atom. The van der Waals surface area contributed by atoms with Crippen LogP contribution in [0.2, 0.25) is 0 Å². The van der Waals surface area contributed by atoms with Crippen LogP contribution in [0.25, 0.3) is 0 Å². The zero-order chi connectivity index (χ0) is 8.10. The molecule has 0 bridgehead atoms. The minimum Gasteiger partial charge on any atom is -0.385 e. The molecule has 4 heteroatoms. The number of aryl methyl sites for hydroxylation is 1. The number of hydrogen-bond donors (Lipinski definition) is 1. The van der Waals surface area contributed by atoms with Gasteiger partial charge in [-0.05, 0) is 12.8 Å². The van der Waals surface area contributed by atoms with Gasteiger partial charge in [0.25, 0.3) is 0 Å². The molecule has 0 spiro atoms. The quantitative estimate of drug-likeness (QED) is 0.696. The van der Waals surface area contributed by atoms with E-state index in [2.05, 4.69) is 4.98 Å². The molecule has 0 aliphatic heterocycles. The number of nitrogens with two attached hydrogens (primary N) is 1. The molecule has 1 aromatic rings. The normalized spacial score (nSPS) is 10.3. The highest BCUT2D eigenvalue weighted by Crippen LogP contribution is 2.15. The third-order valence-electron chi connectivity index (χ3n) is 1.34. The van der Waals surface area contributed by atoms with Crippen molar-refractivity contribution in [1.82, 2.24) is 4.98 Å². The molecule has 0 radical (unpaired) electrons. The minimum absolute atomic E-state index is 0.650. The van der Waals surface area contributed by atoms with Gasteiger partial charge in [-0.25, -0.2) is 4.98 Å². The summed E-state index contributed by atoms with van der Waals surface area (Å²) in [6, 6.07) is 0. The van der Waals surface area contributed by atoms with E-state index in [0.29, 0.717) is 5.13 Å². The van der Waals surface area contributed by atoms with Crippen molar-refractivity contribution in [2.24, 2.45) is 0 Å². The van der Waals surface area contributed by atoms with Gasteiger partial charge in [-0.3, -0.25) is 0 Å². The fourth-order valence-corrected chi connectivity index (χ4v) is 1.55. The molecule has 0 fully saturated rings. The van der Waals surface area contributed by atoms with E-state index in [1.807, 2.05) is 6.20 Å². The van der Waals surface area contributed by atoms with Crippen molar-refractivity contribution < 1.29 is 4.74 Å². The Balaban J connectivity index is 2.27. The number of nitrogen functional groups attached to an aromatic ring is 1. The maximum absolute atomic E-state index is 5.46. The maximum atomic E-state index is 5.46. The molecule has 0 atom stereocenters. The SMILES string of the molecule is COCCCc1cnc(N)s1. The van der Waals surface area contributed by atoms with Gasteiger partial charge in [0.1, 0.15) is 0 Å². The summed E-state index contributed by atoms with van der Waals surface area (Å²) in [5.41, 5.74) is 5.46. The monoisotopic (exact) mass is 172 g/mol. The molecule has 62 valence electrons. The van der Waals surface area contributed by atoms with Crippen LogP contribution in [0.5, 0.6) is 0 Å². The van der Waals surface area contributed by atoms with Crippen molar-refractivity contribution in [2.75, 3.05) is 19.5 Å². The van der Waals surface area contributed by atoms with Crippen molar-refractivity contribution in [1.29, 1.82) is 0 Å². The molecule has 0 amide bonds. The summed E-state index contributed by atoms with van der Waals surface area (Å²) in [5, 5.41) is 0.650. The molecule has 0 aromatic carbocycles. The summed E-state index contributed by atoms with van der Waals surface area (Å²) in [6.45, 7) is 0.803. The highest BCUT2D eigenvalue weighted by atomic mass is 32.1. The van der Waals surface area contributed by atoms with Crippen LogP contribution in [0, 0.1) is 0 Å². The largest absolute Gasteiger partial charge is 0.385 e. The van der Waals surface area contributed by atoms with Crippen molar-refractivity contribution in [3.8, 4) is 0 Å². The number of hydrogen-bond acceptors (Lipinski definition) is 4. The molecule has 0 saturated carbocycles. The number of aromatic nitrogens is 1. The summed E-state index contributed by atoms with van der Waals surface area (Å²) in [6.07, 6.45) is 3.89. The molecule has 1 heterocycles. The van der Waals surface area contributed by atoms with E-state index >= 15 is 0 Å². The van der Waals surface area contributed by atoms with E-state index in [-0.39, 0.29) is 0 Å². The molecule has 11 heavy (non-hydrogen) atoms. The fourth-order valence-electron chi connectivity index (χ4n) is 0.829. The Labute approximate surface area is 70.2 Å². The van der Waals surface area contributed by atoms with Crippen LogP contribution in [0.4, 0.5) is 5.13 Å². The molecule has 0 aliphatic rings. The predicted octanol–water partition coefficient (Wildman–Crippen LogP) is 1.30. The Bertz CT molecular complexity index is 212. The van der Waals surface area contributed by atoms with Gasteiger partial charge in [0, 0.05) is 24.8 Å². The van der Waals surface area contributed by atoms with Crippen molar-refractivity contribution >= 4 is 16.5 Å². The number of thiazole rings is 1. The molecular formula is C7H12N2OS. The molecular weight excluding hydrogens is 160 g/mol. The van der Waals surface area contributed by atoms with Crippen LogP contribution in [0.1, 0.15) is 11.3 Å². The zero-order valence-corrected chi connectivity index (χ0v) is 7.36. The predicted molar refractivity (Wildman–Crippen MR) is 46.7 cm³/mol. The average Bonchev–Trinajstić information content (AvgIpc) is 2.37. The Morgan fingerprint density at radius 2 is 2.55 bits per heavy atom. The Hall–Kier alpha value is -0.610. The lowest BCUT2D eigenvalue weighted by molar-refractivity contribution is 0.195. The van der Waals surface area contributed by atoms with Gasteiger partial charge in [0.05, 0.1) is 0 Å². The molecule has 0 unspecified atom stereocenters. The highest BCUT2D eigenvalue weighted by molar-refractivity contribution is 7.15. The van der Waals surface area contributed by atoms with Gasteiger partial charge >= 0.3 is 0 Å². The first kappa shape index (κ1) is 8.49. The summed E-state index contributed by atoms with van der Waals surface area (Å²) >= 11 is 1.55. The van der Waals surface area contributed by atoms with Crippen LogP contribution in [0.15, 0.2) is 6.20 Å². The summed E-state index contributed by atoms with van der Waals surface area (Å²) in [7, 11) is 1.71. The van der Waals surface area contributed by atoms with E-state index < -0.39 is 0 Å². The van der Waals surface area contributed by atoms with Crippen molar-refractivity contribution in [3.05, 3.63) is 11.1 Å². The highest BCUT2D eigenvalue weighted by Gasteiger charge is 1.97. The van der Waals surface area contributed by atoms with E-state index in [9.17, 15) is 0 Å². The molecule has 1 rings (SSSR count). The topological polar surface area (TPSA) is 48.1 Å². The van der Waals surface area contributed by atoms with E-state index in [0.717, 1.165) is 19.4 Å². The Kier molecular flexibility index (Phi) is 3.32. The zero-order valence-electron chi connectivity index (χ0n) is 6.54. The standard InChI is InChI=1S/C7H12N2OS/c1-10-4-2-3-6-5-9-7(8)11-6/h5H,2-4H2,1H3,(H2,8,9). The number of methoxy groups -OCH3 is 1. The minimum atomic E-state index is 0.650. The first-order chi connectivity index (χ1) is 5.33. The van der Waals surface area contributed by atoms with E-state index in [1.54, 1.807) is 18.4 Å². The van der Waals surface area contributed by atoms with Crippen LogP contribution in [-0.2, 0) is 11.2 Å². The first-order valence-electron chi connectivity index (χ1n) is 3.52. The maximum Gasteiger partial charge on any atom is 0.180 e. The number of rotatable bonds is 4. The summed E-state index contributed by atoms with van der Waals surface area (Å²) in [5.74, 6) is 0. The summed E-state index contributed by atoms with van der Waals surface area (Å²) in [4.78, 5) is 5.19. The van der Waals surface area contributed by atoms with Crippen LogP contribution >= 0.6 is 11.3 Å². The van der Waals surface area contributed by atoms with Crippen LogP contribution in [-0.4, -0.2) is 18.7 Å². The van der Waals surface area contributed by atoms with Crippen LogP contribution < -0.4 is 5.73 Å². The summed E-state index contributed by atoms with van der Waals surface area (Å²) < 4.78 is 4.92. The fraction of sp³-hybridized carbons (Fsp3) is 0.571. The molecule has 0 aliphatic carbocycles. The lowest BCUT2D eigenvalue weighted by Crippen LogP contribution is -1.89. The molecule has 0 saturated heterocycles. The molecule has 3 nitrogen and oxygen atoms in total. The molecule has 2 N–H and O–H groups in total. The van der Waals surface area contributed by atoms with Gasteiger partial charge in [-0.1, -0.05) is 0 Å². The van der Waals surface area contributed by atoms with Gasteiger partial charge in [0.2, 0.25) is 0 Å². The third-order valence-corrected chi connectivity index (χ3v) is 2.23.